The summed E-state index contributed by atoms with van der Waals surface area (Å²) < 4.78 is 41.9. The Kier molecular flexibility index (Phi) is 6.68. The van der Waals surface area contributed by atoms with E-state index >= 15 is 0 Å². The van der Waals surface area contributed by atoms with Crippen LogP contribution in [0.1, 0.15) is 11.1 Å². The monoisotopic (exact) mass is 353 g/mol. The van der Waals surface area contributed by atoms with Crippen LogP contribution in [-0.2, 0) is 5.75 Å². The molecule has 0 atom stereocenters. The minimum Gasteiger partial charge on any atom is -0.434 e. The lowest BCUT2D eigenvalue weighted by molar-refractivity contribution is -0.0500. The van der Waals surface area contributed by atoms with Crippen molar-refractivity contribution in [2.24, 2.45) is 15.9 Å². The van der Waals surface area contributed by atoms with Crippen molar-refractivity contribution in [2.45, 2.75) is 12.4 Å². The molecule has 0 aliphatic carbocycles. The molecule has 0 radical (unpaired) electrons. The van der Waals surface area contributed by atoms with Gasteiger partial charge in [0.1, 0.15) is 11.6 Å². The van der Waals surface area contributed by atoms with E-state index in [2.05, 4.69) is 14.9 Å². The van der Waals surface area contributed by atoms with Gasteiger partial charge in [-0.05, 0) is 17.7 Å². The topological polar surface area (TPSA) is 60.0 Å². The van der Waals surface area contributed by atoms with Crippen molar-refractivity contribution in [3.63, 3.8) is 0 Å². The number of ether oxygens (including phenoxy) is 1. The molecule has 2 N–H and O–H groups in total. The first-order chi connectivity index (χ1) is 11.5. The van der Waals surface area contributed by atoms with E-state index in [1.807, 2.05) is 30.3 Å². The van der Waals surface area contributed by atoms with Gasteiger partial charge in [0.2, 0.25) is 0 Å². The van der Waals surface area contributed by atoms with Crippen LogP contribution in [0.2, 0.25) is 0 Å². The van der Waals surface area contributed by atoms with Crippen molar-refractivity contribution in [1.82, 2.24) is 0 Å². The van der Waals surface area contributed by atoms with Gasteiger partial charge in [-0.25, -0.2) is 4.39 Å². The minimum absolute atomic E-state index is 0.168. The molecule has 4 nitrogen and oxygen atoms in total. The van der Waals surface area contributed by atoms with Crippen molar-refractivity contribution in [2.75, 3.05) is 0 Å². The molecule has 126 valence electrons. The predicted octanol–water partition coefficient (Wildman–Crippen LogP) is 4.01. The van der Waals surface area contributed by atoms with E-state index in [1.165, 1.54) is 24.0 Å². The van der Waals surface area contributed by atoms with E-state index in [9.17, 15) is 13.2 Å². The van der Waals surface area contributed by atoms with E-state index in [4.69, 9.17) is 5.73 Å². The predicted molar refractivity (Wildman–Crippen MR) is 90.0 cm³/mol. The molecule has 0 fully saturated rings. The number of rotatable bonds is 6. The maximum atomic E-state index is 13.1. The number of alkyl halides is 2. The average molecular weight is 353 g/mol. The number of hydrogen-bond donors (Lipinski definition) is 1. The van der Waals surface area contributed by atoms with Crippen molar-refractivity contribution in [3.05, 3.63) is 65.5 Å². The maximum Gasteiger partial charge on any atom is 0.387 e. The van der Waals surface area contributed by atoms with Crippen molar-refractivity contribution >= 4 is 23.1 Å². The first-order valence-electron chi connectivity index (χ1n) is 6.82. The first kappa shape index (κ1) is 17.9. The summed E-state index contributed by atoms with van der Waals surface area (Å²) >= 11 is 1.28. The van der Waals surface area contributed by atoms with Gasteiger partial charge in [0.25, 0.3) is 0 Å². The Labute approximate surface area is 141 Å². The lowest BCUT2D eigenvalue weighted by Crippen LogP contribution is -2.06. The quantitative estimate of drug-likeness (QED) is 0.485. The Morgan fingerprint density at radius 1 is 1.21 bits per heavy atom. The molecule has 0 aromatic heterocycles. The Morgan fingerprint density at radius 3 is 2.67 bits per heavy atom. The highest BCUT2D eigenvalue weighted by Gasteiger charge is 2.09. The molecule has 2 aromatic carbocycles. The zero-order chi connectivity index (χ0) is 17.4. The standard InChI is InChI=1S/C16H14F3N3OS/c17-13-7-6-12(14(8-13)23-15(18)19)9-21-22-16(20)24-10-11-4-2-1-3-5-11/h1-9,15H,10H2,(H2,20,22). The SMILES string of the molecule is NC(=NN=Cc1ccc(F)cc1OC(F)F)SCc1ccccc1. The van der Waals surface area contributed by atoms with Crippen LogP contribution in [0, 0.1) is 5.82 Å². The fourth-order valence-corrected chi connectivity index (χ4v) is 2.33. The molecule has 0 spiro atoms. The number of hydrogen-bond acceptors (Lipinski definition) is 4. The van der Waals surface area contributed by atoms with E-state index < -0.39 is 12.4 Å². The van der Waals surface area contributed by atoms with Crippen LogP contribution in [0.5, 0.6) is 5.75 Å². The first-order valence-corrected chi connectivity index (χ1v) is 7.81. The number of nitrogens with two attached hydrogens (primary N) is 1. The molecule has 0 bridgehead atoms. The number of nitrogens with zero attached hydrogens (tertiary/aromatic N) is 2. The second-order valence-electron chi connectivity index (χ2n) is 4.52. The molecular formula is C16H14F3N3OS. The molecule has 0 amide bonds. The summed E-state index contributed by atoms with van der Waals surface area (Å²) in [5.41, 5.74) is 6.96. The Hall–Kier alpha value is -2.48. The summed E-state index contributed by atoms with van der Waals surface area (Å²) in [6.07, 6.45) is 1.17. The molecule has 24 heavy (non-hydrogen) atoms. The minimum atomic E-state index is -3.06. The van der Waals surface area contributed by atoms with Crippen molar-refractivity contribution in [3.8, 4) is 5.75 Å². The summed E-state index contributed by atoms with van der Waals surface area (Å²) in [4.78, 5) is 0. The average Bonchev–Trinajstić information content (AvgIpc) is 2.55. The van der Waals surface area contributed by atoms with Crippen LogP contribution < -0.4 is 10.5 Å². The van der Waals surface area contributed by atoms with E-state index in [-0.39, 0.29) is 16.5 Å². The zero-order valence-electron chi connectivity index (χ0n) is 12.4. The molecular weight excluding hydrogens is 339 g/mol. The van der Waals surface area contributed by atoms with Gasteiger partial charge in [-0.3, -0.25) is 0 Å². The Balaban J connectivity index is 1.99. The lowest BCUT2D eigenvalue weighted by Gasteiger charge is -2.07. The summed E-state index contributed by atoms with van der Waals surface area (Å²) in [5, 5.41) is 7.70. The summed E-state index contributed by atoms with van der Waals surface area (Å²) in [7, 11) is 0. The van der Waals surface area contributed by atoms with Crippen LogP contribution in [0.25, 0.3) is 0 Å². The van der Waals surface area contributed by atoms with Crippen LogP contribution in [-0.4, -0.2) is 18.0 Å². The zero-order valence-corrected chi connectivity index (χ0v) is 13.2. The fraction of sp³-hybridized carbons (Fsp3) is 0.125. The smallest absolute Gasteiger partial charge is 0.387 e. The van der Waals surface area contributed by atoms with E-state index in [0.29, 0.717) is 5.75 Å². The van der Waals surface area contributed by atoms with E-state index in [0.717, 1.165) is 17.7 Å². The van der Waals surface area contributed by atoms with Crippen LogP contribution in [0.15, 0.2) is 58.7 Å². The molecule has 2 rings (SSSR count). The largest absolute Gasteiger partial charge is 0.434 e. The third kappa shape index (κ3) is 5.96. The van der Waals surface area contributed by atoms with Gasteiger partial charge >= 0.3 is 6.61 Å². The normalized spacial score (nSPS) is 12.1. The van der Waals surface area contributed by atoms with Gasteiger partial charge in [-0.2, -0.15) is 13.9 Å². The Bertz CT molecular complexity index is 724. The van der Waals surface area contributed by atoms with Gasteiger partial charge < -0.3 is 10.5 Å². The molecule has 8 heteroatoms. The second-order valence-corrected chi connectivity index (χ2v) is 5.51. The molecule has 0 saturated carbocycles. The van der Waals surface area contributed by atoms with Gasteiger partial charge in [0.05, 0.1) is 6.21 Å². The van der Waals surface area contributed by atoms with Crippen LogP contribution in [0.3, 0.4) is 0 Å². The highest BCUT2D eigenvalue weighted by molar-refractivity contribution is 8.13. The number of thioether (sulfide) groups is 1. The maximum absolute atomic E-state index is 13.1. The molecule has 0 saturated heterocycles. The van der Waals surface area contributed by atoms with Gasteiger partial charge in [0.15, 0.2) is 5.17 Å². The molecule has 0 aliphatic heterocycles. The number of halogens is 3. The van der Waals surface area contributed by atoms with Crippen molar-refractivity contribution in [1.29, 1.82) is 0 Å². The summed E-state index contributed by atoms with van der Waals surface area (Å²) in [5.74, 6) is -0.384. The lowest BCUT2D eigenvalue weighted by atomic mass is 10.2. The van der Waals surface area contributed by atoms with Gasteiger partial charge in [0, 0.05) is 17.4 Å². The van der Waals surface area contributed by atoms with Gasteiger partial charge in [-0.15, -0.1) is 5.10 Å². The van der Waals surface area contributed by atoms with E-state index in [1.54, 1.807) is 0 Å². The highest BCUT2D eigenvalue weighted by atomic mass is 32.2. The fourth-order valence-electron chi connectivity index (χ4n) is 1.72. The third-order valence-electron chi connectivity index (χ3n) is 2.77. The summed E-state index contributed by atoms with van der Waals surface area (Å²) in [6.45, 7) is -3.06. The highest BCUT2D eigenvalue weighted by Crippen LogP contribution is 2.20. The van der Waals surface area contributed by atoms with Crippen molar-refractivity contribution < 1.29 is 17.9 Å². The molecule has 2 aromatic rings. The Morgan fingerprint density at radius 2 is 1.96 bits per heavy atom. The number of amidine groups is 1. The molecule has 0 aliphatic rings. The molecule has 0 unspecified atom stereocenters. The van der Waals surface area contributed by atoms with Crippen LogP contribution in [0.4, 0.5) is 13.2 Å². The third-order valence-corrected chi connectivity index (χ3v) is 3.63. The number of benzene rings is 2. The molecule has 0 heterocycles. The van der Waals surface area contributed by atoms with Crippen LogP contribution >= 0.6 is 11.8 Å². The summed E-state index contributed by atoms with van der Waals surface area (Å²) in [6, 6.07) is 12.9. The van der Waals surface area contributed by atoms with Gasteiger partial charge in [-0.1, -0.05) is 42.1 Å². The second kappa shape index (κ2) is 8.97.